The predicted octanol–water partition coefficient (Wildman–Crippen LogP) is 4.77. The third-order valence-electron chi connectivity index (χ3n) is 3.57. The molecular formula is C16H7F7N2O. The summed E-state index contributed by atoms with van der Waals surface area (Å²) >= 11 is 0. The van der Waals surface area contributed by atoms with E-state index in [1.807, 2.05) is 4.98 Å². The number of hydrogen-bond donors (Lipinski definition) is 1. The van der Waals surface area contributed by atoms with Crippen LogP contribution in [0.4, 0.5) is 30.7 Å². The third kappa shape index (κ3) is 3.14. The number of nitrogens with one attached hydrogen (secondary N) is 1. The highest BCUT2D eigenvalue weighted by Crippen LogP contribution is 2.41. The summed E-state index contributed by atoms with van der Waals surface area (Å²) < 4.78 is 92.2. The molecule has 1 heterocycles. The van der Waals surface area contributed by atoms with Gasteiger partial charge in [-0.15, -0.1) is 0 Å². The molecule has 0 unspecified atom stereocenters. The average molecular weight is 376 g/mol. The van der Waals surface area contributed by atoms with Gasteiger partial charge in [-0.2, -0.15) is 26.3 Å². The van der Waals surface area contributed by atoms with Crippen molar-refractivity contribution in [3.63, 3.8) is 0 Å². The SMILES string of the molecule is O=c1[nH]c(-c2c(F)cc(C(F)(F)F)cc2C(F)(F)F)nc2ccccc12. The molecule has 0 atom stereocenters. The van der Waals surface area contributed by atoms with Gasteiger partial charge in [-0.25, -0.2) is 9.37 Å². The maximum absolute atomic E-state index is 14.2. The van der Waals surface area contributed by atoms with Crippen LogP contribution in [0.15, 0.2) is 41.2 Å². The molecule has 3 aromatic rings. The summed E-state index contributed by atoms with van der Waals surface area (Å²) in [6, 6.07) is 5.31. The topological polar surface area (TPSA) is 45.8 Å². The van der Waals surface area contributed by atoms with Crippen molar-refractivity contribution < 1.29 is 30.7 Å². The van der Waals surface area contributed by atoms with E-state index in [0.29, 0.717) is 0 Å². The summed E-state index contributed by atoms with van der Waals surface area (Å²) in [5.74, 6) is -2.61. The van der Waals surface area contributed by atoms with E-state index in [9.17, 15) is 35.5 Å². The molecule has 2 aromatic carbocycles. The number of aromatic nitrogens is 2. The minimum absolute atomic E-state index is 0.0290. The molecule has 3 rings (SSSR count). The smallest absolute Gasteiger partial charge is 0.306 e. The summed E-state index contributed by atoms with van der Waals surface area (Å²) in [6.07, 6.45) is -10.5. The molecule has 26 heavy (non-hydrogen) atoms. The lowest BCUT2D eigenvalue weighted by Crippen LogP contribution is -2.16. The van der Waals surface area contributed by atoms with E-state index in [2.05, 4.69) is 4.98 Å². The summed E-state index contributed by atoms with van der Waals surface area (Å²) in [6.45, 7) is 0. The van der Waals surface area contributed by atoms with Gasteiger partial charge >= 0.3 is 12.4 Å². The summed E-state index contributed by atoms with van der Waals surface area (Å²) in [5, 5.41) is 0.0390. The second kappa shape index (κ2) is 5.82. The number of H-pyrrole nitrogens is 1. The molecule has 1 N–H and O–H groups in total. The van der Waals surface area contributed by atoms with Crippen LogP contribution in [-0.2, 0) is 12.4 Å². The largest absolute Gasteiger partial charge is 0.417 e. The lowest BCUT2D eigenvalue weighted by Gasteiger charge is -2.16. The zero-order chi connectivity index (χ0) is 19.3. The first-order valence-corrected chi connectivity index (χ1v) is 6.96. The fourth-order valence-electron chi connectivity index (χ4n) is 2.44. The lowest BCUT2D eigenvalue weighted by molar-refractivity contribution is -0.143. The quantitative estimate of drug-likeness (QED) is 0.622. The van der Waals surface area contributed by atoms with Gasteiger partial charge in [-0.1, -0.05) is 12.1 Å². The number of hydrogen-bond acceptors (Lipinski definition) is 2. The van der Waals surface area contributed by atoms with Crippen molar-refractivity contribution in [2.45, 2.75) is 12.4 Å². The van der Waals surface area contributed by atoms with Gasteiger partial charge < -0.3 is 4.98 Å². The number of aromatic amines is 1. The van der Waals surface area contributed by atoms with Crippen molar-refractivity contribution in [3.8, 4) is 11.4 Å². The van der Waals surface area contributed by atoms with E-state index in [4.69, 9.17) is 0 Å². The molecular weight excluding hydrogens is 369 g/mol. The minimum atomic E-state index is -5.30. The highest BCUT2D eigenvalue weighted by atomic mass is 19.4. The van der Waals surface area contributed by atoms with Crippen molar-refractivity contribution in [1.29, 1.82) is 0 Å². The summed E-state index contributed by atoms with van der Waals surface area (Å²) in [5.41, 5.74) is -5.82. The van der Waals surface area contributed by atoms with E-state index in [0.717, 1.165) is 0 Å². The Morgan fingerprint density at radius 3 is 2.19 bits per heavy atom. The van der Waals surface area contributed by atoms with Gasteiger partial charge in [0.2, 0.25) is 0 Å². The standard InChI is InChI=1S/C16H7F7N2O/c17-10-6-7(15(18,19)20)5-9(16(21,22)23)12(10)13-24-11-4-2-1-3-8(11)14(26)25-13/h1-6H,(H,24,25,26). The van der Waals surface area contributed by atoms with E-state index >= 15 is 0 Å². The normalized spacial score (nSPS) is 12.6. The zero-order valence-corrected chi connectivity index (χ0v) is 12.5. The van der Waals surface area contributed by atoms with Crippen LogP contribution in [0.2, 0.25) is 0 Å². The molecule has 0 aliphatic carbocycles. The van der Waals surface area contributed by atoms with Crippen molar-refractivity contribution >= 4 is 10.9 Å². The van der Waals surface area contributed by atoms with Gasteiger partial charge in [0.1, 0.15) is 11.6 Å². The van der Waals surface area contributed by atoms with Crippen molar-refractivity contribution in [2.24, 2.45) is 0 Å². The molecule has 10 heteroatoms. The molecule has 0 fully saturated rings. The molecule has 0 bridgehead atoms. The summed E-state index contributed by atoms with van der Waals surface area (Å²) in [4.78, 5) is 17.7. The monoisotopic (exact) mass is 376 g/mol. The van der Waals surface area contributed by atoms with E-state index in [1.54, 1.807) is 0 Å². The van der Waals surface area contributed by atoms with Gasteiger partial charge in [0.05, 0.1) is 27.6 Å². The first-order chi connectivity index (χ1) is 12.0. The second-order valence-corrected chi connectivity index (χ2v) is 5.31. The van der Waals surface area contributed by atoms with Crippen LogP contribution in [0, 0.1) is 5.82 Å². The van der Waals surface area contributed by atoms with Crippen LogP contribution in [0.1, 0.15) is 11.1 Å². The molecule has 0 saturated heterocycles. The first kappa shape index (κ1) is 17.9. The van der Waals surface area contributed by atoms with Gasteiger partial charge in [0.15, 0.2) is 0 Å². The minimum Gasteiger partial charge on any atom is -0.306 e. The van der Waals surface area contributed by atoms with Gasteiger partial charge in [-0.3, -0.25) is 4.79 Å². The van der Waals surface area contributed by atoms with E-state index < -0.39 is 46.2 Å². The van der Waals surface area contributed by atoms with Crippen molar-refractivity contribution in [1.82, 2.24) is 9.97 Å². The Kier molecular flexibility index (Phi) is 4.01. The van der Waals surface area contributed by atoms with Gasteiger partial charge in [0.25, 0.3) is 5.56 Å². The van der Waals surface area contributed by atoms with Gasteiger partial charge in [0, 0.05) is 0 Å². The molecule has 0 aliphatic rings. The number of fused-ring (bicyclic) bond motifs is 1. The Balaban J connectivity index is 2.36. The molecule has 3 nitrogen and oxygen atoms in total. The van der Waals surface area contributed by atoms with Crippen LogP contribution in [0.25, 0.3) is 22.3 Å². The molecule has 136 valence electrons. The van der Waals surface area contributed by atoms with Crippen LogP contribution in [-0.4, -0.2) is 9.97 Å². The van der Waals surface area contributed by atoms with Gasteiger partial charge in [-0.05, 0) is 24.3 Å². The molecule has 0 spiro atoms. The Hall–Kier alpha value is -2.91. The maximum atomic E-state index is 14.2. The molecule has 0 radical (unpaired) electrons. The first-order valence-electron chi connectivity index (χ1n) is 6.96. The van der Waals surface area contributed by atoms with Crippen LogP contribution < -0.4 is 5.56 Å². The average Bonchev–Trinajstić information content (AvgIpc) is 2.52. The maximum Gasteiger partial charge on any atom is 0.417 e. The molecule has 0 amide bonds. The lowest BCUT2D eigenvalue weighted by atomic mass is 10.0. The van der Waals surface area contributed by atoms with E-state index in [1.165, 1.54) is 24.3 Å². The van der Waals surface area contributed by atoms with Crippen LogP contribution in [0.3, 0.4) is 0 Å². The number of para-hydroxylation sites is 1. The predicted molar refractivity (Wildman–Crippen MR) is 77.8 cm³/mol. The number of nitrogens with zero attached hydrogens (tertiary/aromatic N) is 1. The Morgan fingerprint density at radius 1 is 0.923 bits per heavy atom. The number of halogens is 7. The Bertz CT molecular complexity index is 1050. The highest BCUT2D eigenvalue weighted by molar-refractivity contribution is 5.79. The fraction of sp³-hybridized carbons (Fsp3) is 0.125. The number of alkyl halides is 6. The van der Waals surface area contributed by atoms with Crippen LogP contribution in [0.5, 0.6) is 0 Å². The third-order valence-corrected chi connectivity index (χ3v) is 3.57. The van der Waals surface area contributed by atoms with Crippen molar-refractivity contribution in [3.05, 3.63) is 63.7 Å². The fourth-order valence-corrected chi connectivity index (χ4v) is 2.44. The van der Waals surface area contributed by atoms with Crippen LogP contribution >= 0.6 is 0 Å². The zero-order valence-electron chi connectivity index (χ0n) is 12.5. The summed E-state index contributed by atoms with van der Waals surface area (Å²) in [7, 11) is 0. The Labute approximate surface area is 140 Å². The highest BCUT2D eigenvalue weighted by Gasteiger charge is 2.40. The Morgan fingerprint density at radius 2 is 1.58 bits per heavy atom. The second-order valence-electron chi connectivity index (χ2n) is 5.31. The molecule has 0 saturated carbocycles. The molecule has 0 aliphatic heterocycles. The van der Waals surface area contributed by atoms with Crippen molar-refractivity contribution in [2.75, 3.05) is 0 Å². The van der Waals surface area contributed by atoms with E-state index in [-0.39, 0.29) is 23.0 Å². The number of rotatable bonds is 1. The molecule has 1 aromatic heterocycles. The number of benzene rings is 2.